The molecule has 9 heteroatoms. The smallest absolute Gasteiger partial charge is 0.324 e. The second-order valence-corrected chi connectivity index (χ2v) is 7.56. The molecule has 1 aromatic carbocycles. The standard InChI is InChI=1S/C15H17N5O2S2/c1-9-3-4-11(7-10(9)2)17-13-18-19-15(24-13)23-8-12(21)20-6-5-16-14(20)22/h3-4,7H,5-6,8H2,1-2H3,(H,16,22)(H,17,18). The molecule has 24 heavy (non-hydrogen) atoms. The van der Waals surface area contributed by atoms with Gasteiger partial charge in [-0.25, -0.2) is 4.79 Å². The van der Waals surface area contributed by atoms with Crippen LogP contribution in [-0.2, 0) is 4.79 Å². The van der Waals surface area contributed by atoms with E-state index in [-0.39, 0.29) is 17.7 Å². The predicted octanol–water partition coefficient (Wildman–Crippen LogP) is 2.54. The lowest BCUT2D eigenvalue weighted by atomic mass is 10.1. The highest BCUT2D eigenvalue weighted by molar-refractivity contribution is 8.01. The fraction of sp³-hybridized carbons (Fsp3) is 0.333. The summed E-state index contributed by atoms with van der Waals surface area (Å²) in [4.78, 5) is 24.6. The van der Waals surface area contributed by atoms with Gasteiger partial charge in [0, 0.05) is 18.8 Å². The van der Waals surface area contributed by atoms with Crippen LogP contribution >= 0.6 is 23.1 Å². The van der Waals surface area contributed by atoms with Gasteiger partial charge in [-0.1, -0.05) is 29.2 Å². The Kier molecular flexibility index (Phi) is 5.00. The van der Waals surface area contributed by atoms with Crippen molar-refractivity contribution in [2.24, 2.45) is 0 Å². The first-order chi connectivity index (χ1) is 11.5. The van der Waals surface area contributed by atoms with Gasteiger partial charge in [0.05, 0.1) is 5.75 Å². The number of hydrogen-bond acceptors (Lipinski definition) is 7. The van der Waals surface area contributed by atoms with Crippen molar-refractivity contribution in [3.63, 3.8) is 0 Å². The van der Waals surface area contributed by atoms with E-state index in [9.17, 15) is 9.59 Å². The number of thioether (sulfide) groups is 1. The van der Waals surface area contributed by atoms with Crippen LogP contribution in [0.5, 0.6) is 0 Å². The summed E-state index contributed by atoms with van der Waals surface area (Å²) >= 11 is 2.67. The lowest BCUT2D eigenvalue weighted by Crippen LogP contribution is -2.35. The molecule has 0 atom stereocenters. The minimum Gasteiger partial charge on any atom is -0.336 e. The number of carbonyl (C=O) groups is 2. The quantitative estimate of drug-likeness (QED) is 0.794. The Labute approximate surface area is 147 Å². The van der Waals surface area contributed by atoms with Gasteiger partial charge in [0.2, 0.25) is 11.0 Å². The Morgan fingerprint density at radius 2 is 2.21 bits per heavy atom. The highest BCUT2D eigenvalue weighted by atomic mass is 32.2. The zero-order chi connectivity index (χ0) is 17.1. The summed E-state index contributed by atoms with van der Waals surface area (Å²) < 4.78 is 0.689. The van der Waals surface area contributed by atoms with Gasteiger partial charge < -0.3 is 10.6 Å². The van der Waals surface area contributed by atoms with Crippen molar-refractivity contribution in [3.8, 4) is 0 Å². The first-order valence-electron chi connectivity index (χ1n) is 7.42. The minimum atomic E-state index is -0.324. The fourth-order valence-electron chi connectivity index (χ4n) is 2.17. The van der Waals surface area contributed by atoms with Gasteiger partial charge in [-0.05, 0) is 37.1 Å². The van der Waals surface area contributed by atoms with E-state index in [1.807, 2.05) is 12.1 Å². The molecule has 1 aliphatic heterocycles. The summed E-state index contributed by atoms with van der Waals surface area (Å²) in [6, 6.07) is 5.77. The molecule has 1 aliphatic rings. The minimum absolute atomic E-state index is 0.172. The van der Waals surface area contributed by atoms with Crippen molar-refractivity contribution < 1.29 is 9.59 Å². The van der Waals surface area contributed by atoms with E-state index in [2.05, 4.69) is 40.7 Å². The number of aromatic nitrogens is 2. The third-order valence-corrected chi connectivity index (χ3v) is 5.60. The van der Waals surface area contributed by atoms with Crippen molar-refractivity contribution in [3.05, 3.63) is 29.3 Å². The number of aryl methyl sites for hydroxylation is 2. The summed E-state index contributed by atoms with van der Waals surface area (Å²) in [6.07, 6.45) is 0. The van der Waals surface area contributed by atoms with Crippen LogP contribution in [0.4, 0.5) is 15.6 Å². The number of benzene rings is 1. The van der Waals surface area contributed by atoms with Crippen LogP contribution < -0.4 is 10.6 Å². The molecule has 1 saturated heterocycles. The molecular weight excluding hydrogens is 346 g/mol. The molecule has 2 aromatic rings. The van der Waals surface area contributed by atoms with E-state index in [0.29, 0.717) is 22.6 Å². The van der Waals surface area contributed by atoms with Crippen LogP contribution in [0.15, 0.2) is 22.5 Å². The molecule has 2 heterocycles. The first-order valence-corrected chi connectivity index (χ1v) is 9.22. The zero-order valence-electron chi connectivity index (χ0n) is 13.3. The van der Waals surface area contributed by atoms with Gasteiger partial charge in [0.15, 0.2) is 4.34 Å². The number of anilines is 2. The number of nitrogens with zero attached hydrogens (tertiary/aromatic N) is 3. The summed E-state index contributed by atoms with van der Waals surface area (Å²) in [5.41, 5.74) is 3.39. The molecule has 0 spiro atoms. The molecule has 1 fully saturated rings. The number of carbonyl (C=O) groups excluding carboxylic acids is 2. The Bertz CT molecular complexity index is 777. The number of hydrogen-bond donors (Lipinski definition) is 2. The number of nitrogens with one attached hydrogen (secondary N) is 2. The molecule has 0 unspecified atom stereocenters. The normalized spacial score (nSPS) is 13.9. The maximum Gasteiger partial charge on any atom is 0.324 e. The Hall–Kier alpha value is -2.13. The molecule has 3 rings (SSSR count). The highest BCUT2D eigenvalue weighted by Crippen LogP contribution is 2.28. The second-order valence-electron chi connectivity index (χ2n) is 5.36. The number of urea groups is 1. The van der Waals surface area contributed by atoms with E-state index >= 15 is 0 Å². The van der Waals surface area contributed by atoms with E-state index in [0.717, 1.165) is 5.69 Å². The largest absolute Gasteiger partial charge is 0.336 e. The van der Waals surface area contributed by atoms with Crippen LogP contribution in [0.3, 0.4) is 0 Å². The van der Waals surface area contributed by atoms with Gasteiger partial charge in [-0.2, -0.15) is 0 Å². The van der Waals surface area contributed by atoms with Crippen LogP contribution in [-0.4, -0.2) is 45.9 Å². The Morgan fingerprint density at radius 1 is 1.38 bits per heavy atom. The van der Waals surface area contributed by atoms with Crippen molar-refractivity contribution in [2.45, 2.75) is 18.2 Å². The first kappa shape index (κ1) is 16.7. The van der Waals surface area contributed by atoms with Crippen LogP contribution in [0, 0.1) is 13.8 Å². The number of rotatable bonds is 5. The zero-order valence-corrected chi connectivity index (χ0v) is 15.0. The molecule has 3 amide bonds. The summed E-state index contributed by atoms with van der Waals surface area (Å²) in [7, 11) is 0. The monoisotopic (exact) mass is 363 g/mol. The van der Waals surface area contributed by atoms with Crippen molar-refractivity contribution >= 4 is 45.9 Å². The Balaban J connectivity index is 1.56. The van der Waals surface area contributed by atoms with E-state index in [4.69, 9.17) is 0 Å². The molecule has 0 saturated carbocycles. The van der Waals surface area contributed by atoms with E-state index in [1.165, 1.54) is 39.1 Å². The summed E-state index contributed by atoms with van der Waals surface area (Å²) in [5.74, 6) is -0.0417. The van der Waals surface area contributed by atoms with Crippen molar-refractivity contribution in [1.29, 1.82) is 0 Å². The van der Waals surface area contributed by atoms with Gasteiger partial charge >= 0.3 is 6.03 Å². The maximum absolute atomic E-state index is 12.0. The van der Waals surface area contributed by atoms with Crippen molar-refractivity contribution in [2.75, 3.05) is 24.2 Å². The van der Waals surface area contributed by atoms with Gasteiger partial charge in [-0.3, -0.25) is 9.69 Å². The average molecular weight is 363 g/mol. The lowest BCUT2D eigenvalue weighted by molar-refractivity contribution is -0.124. The third kappa shape index (κ3) is 3.85. The number of amides is 3. The molecular formula is C15H17N5O2S2. The fourth-order valence-corrected chi connectivity index (χ4v) is 3.82. The maximum atomic E-state index is 12.0. The molecule has 0 aliphatic carbocycles. The van der Waals surface area contributed by atoms with Crippen molar-refractivity contribution in [1.82, 2.24) is 20.4 Å². The van der Waals surface area contributed by atoms with E-state index in [1.54, 1.807) is 0 Å². The molecule has 2 N–H and O–H groups in total. The molecule has 0 radical (unpaired) electrons. The lowest BCUT2D eigenvalue weighted by Gasteiger charge is -2.10. The molecule has 1 aromatic heterocycles. The molecule has 126 valence electrons. The third-order valence-electron chi connectivity index (χ3n) is 3.64. The predicted molar refractivity (Wildman–Crippen MR) is 94.9 cm³/mol. The number of imide groups is 1. The molecule has 7 nitrogen and oxygen atoms in total. The van der Waals surface area contributed by atoms with Gasteiger partial charge in [0.1, 0.15) is 0 Å². The van der Waals surface area contributed by atoms with Gasteiger partial charge in [-0.15, -0.1) is 10.2 Å². The SMILES string of the molecule is Cc1ccc(Nc2nnc(SCC(=O)N3CCNC3=O)s2)cc1C. The summed E-state index contributed by atoms with van der Waals surface area (Å²) in [5, 5.41) is 14.7. The van der Waals surface area contributed by atoms with Gasteiger partial charge in [0.25, 0.3) is 0 Å². The topological polar surface area (TPSA) is 87.2 Å². The Morgan fingerprint density at radius 3 is 2.92 bits per heavy atom. The second kappa shape index (κ2) is 7.18. The average Bonchev–Trinajstić information content (AvgIpc) is 3.17. The van der Waals surface area contributed by atoms with Crippen LogP contribution in [0.2, 0.25) is 0 Å². The highest BCUT2D eigenvalue weighted by Gasteiger charge is 2.26. The van der Waals surface area contributed by atoms with Crippen LogP contribution in [0.25, 0.3) is 0 Å². The van der Waals surface area contributed by atoms with Crippen LogP contribution in [0.1, 0.15) is 11.1 Å². The molecule has 0 bridgehead atoms. The summed E-state index contributed by atoms with van der Waals surface area (Å²) in [6.45, 7) is 5.06. The van der Waals surface area contributed by atoms with E-state index < -0.39 is 0 Å².